The zero-order valence-electron chi connectivity index (χ0n) is 12.3. The first-order valence-electron chi connectivity index (χ1n) is 7.05. The standard InChI is InChI=1S/C16H25ClFN/c1-11(2)9-19-10-14(12(3)4)8-13-6-5-7-15(17)16(13)18/h5-7,11-12,14,19H,8-10H2,1-4H3. The molecule has 1 unspecified atom stereocenters. The predicted octanol–water partition coefficient (Wildman–Crippen LogP) is 4.54. The Kier molecular flexibility index (Phi) is 6.81. The normalized spacial score (nSPS) is 13.3. The van der Waals surface area contributed by atoms with E-state index in [1.165, 1.54) is 0 Å². The number of halogens is 2. The largest absolute Gasteiger partial charge is 0.316 e. The lowest BCUT2D eigenvalue weighted by molar-refractivity contribution is 0.349. The Balaban J connectivity index is 2.65. The van der Waals surface area contributed by atoms with Crippen LogP contribution in [0.15, 0.2) is 18.2 Å². The number of rotatable bonds is 7. The first-order valence-corrected chi connectivity index (χ1v) is 7.43. The second-order valence-electron chi connectivity index (χ2n) is 5.97. The second-order valence-corrected chi connectivity index (χ2v) is 6.38. The fraction of sp³-hybridized carbons (Fsp3) is 0.625. The summed E-state index contributed by atoms with van der Waals surface area (Å²) in [4.78, 5) is 0. The van der Waals surface area contributed by atoms with Gasteiger partial charge in [0.1, 0.15) is 5.82 Å². The minimum absolute atomic E-state index is 0.218. The molecule has 1 nitrogen and oxygen atoms in total. The van der Waals surface area contributed by atoms with E-state index in [-0.39, 0.29) is 10.8 Å². The molecular weight excluding hydrogens is 261 g/mol. The lowest BCUT2D eigenvalue weighted by Gasteiger charge is -2.22. The van der Waals surface area contributed by atoms with Gasteiger partial charge in [-0.2, -0.15) is 0 Å². The third-order valence-corrected chi connectivity index (χ3v) is 3.71. The SMILES string of the molecule is CC(C)CNCC(Cc1cccc(Cl)c1F)C(C)C. The summed E-state index contributed by atoms with van der Waals surface area (Å²) in [6, 6.07) is 5.25. The smallest absolute Gasteiger partial charge is 0.144 e. The minimum Gasteiger partial charge on any atom is -0.316 e. The fourth-order valence-electron chi connectivity index (χ4n) is 2.09. The molecule has 1 atom stereocenters. The van der Waals surface area contributed by atoms with Gasteiger partial charge in [-0.05, 0) is 48.9 Å². The van der Waals surface area contributed by atoms with Gasteiger partial charge >= 0.3 is 0 Å². The highest BCUT2D eigenvalue weighted by Crippen LogP contribution is 2.23. The zero-order chi connectivity index (χ0) is 14.4. The molecule has 1 aromatic carbocycles. The van der Waals surface area contributed by atoms with Crippen molar-refractivity contribution in [1.82, 2.24) is 5.32 Å². The molecule has 0 aromatic heterocycles. The van der Waals surface area contributed by atoms with Crippen molar-refractivity contribution < 1.29 is 4.39 Å². The van der Waals surface area contributed by atoms with Gasteiger partial charge in [-0.25, -0.2) is 4.39 Å². The van der Waals surface area contributed by atoms with Gasteiger partial charge in [0, 0.05) is 0 Å². The molecule has 19 heavy (non-hydrogen) atoms. The molecule has 0 saturated carbocycles. The van der Waals surface area contributed by atoms with E-state index in [2.05, 4.69) is 33.0 Å². The maximum absolute atomic E-state index is 13.9. The van der Waals surface area contributed by atoms with E-state index in [9.17, 15) is 4.39 Å². The molecule has 1 aromatic rings. The number of benzene rings is 1. The van der Waals surface area contributed by atoms with Gasteiger partial charge in [-0.1, -0.05) is 51.4 Å². The van der Waals surface area contributed by atoms with E-state index in [1.54, 1.807) is 6.07 Å². The quantitative estimate of drug-likeness (QED) is 0.775. The van der Waals surface area contributed by atoms with Gasteiger partial charge < -0.3 is 5.32 Å². The van der Waals surface area contributed by atoms with Crippen LogP contribution in [-0.2, 0) is 6.42 Å². The molecule has 3 heteroatoms. The van der Waals surface area contributed by atoms with Gasteiger partial charge in [0.05, 0.1) is 5.02 Å². The summed E-state index contributed by atoms with van der Waals surface area (Å²) in [6.07, 6.45) is 0.731. The van der Waals surface area contributed by atoms with Crippen molar-refractivity contribution in [2.45, 2.75) is 34.1 Å². The number of nitrogens with one attached hydrogen (secondary N) is 1. The Morgan fingerprint density at radius 1 is 1.16 bits per heavy atom. The fourth-order valence-corrected chi connectivity index (χ4v) is 2.28. The summed E-state index contributed by atoms with van der Waals surface area (Å²) in [6.45, 7) is 10.7. The van der Waals surface area contributed by atoms with Crippen molar-refractivity contribution in [1.29, 1.82) is 0 Å². The Bertz CT molecular complexity index is 390. The van der Waals surface area contributed by atoms with Crippen LogP contribution >= 0.6 is 11.6 Å². The average molecular weight is 286 g/mol. The third-order valence-electron chi connectivity index (χ3n) is 3.42. The van der Waals surface area contributed by atoms with Gasteiger partial charge in [-0.15, -0.1) is 0 Å². The van der Waals surface area contributed by atoms with Crippen LogP contribution in [0.25, 0.3) is 0 Å². The van der Waals surface area contributed by atoms with E-state index in [4.69, 9.17) is 11.6 Å². The van der Waals surface area contributed by atoms with Gasteiger partial charge in [0.15, 0.2) is 0 Å². The van der Waals surface area contributed by atoms with Gasteiger partial charge in [0.25, 0.3) is 0 Å². The van der Waals surface area contributed by atoms with E-state index in [1.807, 2.05) is 12.1 Å². The molecule has 108 valence electrons. The highest BCUT2D eigenvalue weighted by molar-refractivity contribution is 6.30. The van der Waals surface area contributed by atoms with Crippen molar-refractivity contribution in [3.05, 3.63) is 34.6 Å². The van der Waals surface area contributed by atoms with E-state index in [0.29, 0.717) is 17.8 Å². The highest BCUT2D eigenvalue weighted by atomic mass is 35.5. The first kappa shape index (κ1) is 16.5. The summed E-state index contributed by atoms with van der Waals surface area (Å²) in [5.41, 5.74) is 0.720. The summed E-state index contributed by atoms with van der Waals surface area (Å²) in [5.74, 6) is 1.30. The Labute approximate surface area is 121 Å². The molecule has 1 N–H and O–H groups in total. The molecule has 0 aliphatic rings. The van der Waals surface area contributed by atoms with E-state index in [0.717, 1.165) is 25.1 Å². The van der Waals surface area contributed by atoms with Crippen LogP contribution in [-0.4, -0.2) is 13.1 Å². The monoisotopic (exact) mass is 285 g/mol. The maximum Gasteiger partial charge on any atom is 0.144 e. The van der Waals surface area contributed by atoms with Crippen molar-refractivity contribution in [2.24, 2.45) is 17.8 Å². The molecule has 0 spiro atoms. The molecule has 0 heterocycles. The van der Waals surface area contributed by atoms with Crippen molar-refractivity contribution in [2.75, 3.05) is 13.1 Å². The molecule has 1 rings (SSSR count). The molecule has 0 radical (unpaired) electrons. The molecular formula is C16H25ClFN. The van der Waals surface area contributed by atoms with Crippen LogP contribution in [0.1, 0.15) is 33.3 Å². The molecule has 0 aliphatic carbocycles. The van der Waals surface area contributed by atoms with Crippen molar-refractivity contribution in [3.63, 3.8) is 0 Å². The van der Waals surface area contributed by atoms with Crippen LogP contribution in [0.4, 0.5) is 4.39 Å². The average Bonchev–Trinajstić information content (AvgIpc) is 2.32. The Morgan fingerprint density at radius 2 is 1.84 bits per heavy atom. The highest BCUT2D eigenvalue weighted by Gasteiger charge is 2.17. The summed E-state index contributed by atoms with van der Waals surface area (Å²) >= 11 is 5.83. The van der Waals surface area contributed by atoms with Gasteiger partial charge in [0.2, 0.25) is 0 Å². The van der Waals surface area contributed by atoms with Crippen LogP contribution < -0.4 is 5.32 Å². The molecule has 0 fully saturated rings. The Hall–Kier alpha value is -0.600. The van der Waals surface area contributed by atoms with E-state index < -0.39 is 0 Å². The lowest BCUT2D eigenvalue weighted by atomic mass is 9.89. The van der Waals surface area contributed by atoms with Crippen molar-refractivity contribution >= 4 is 11.6 Å². The predicted molar refractivity (Wildman–Crippen MR) is 81.1 cm³/mol. The Morgan fingerprint density at radius 3 is 2.42 bits per heavy atom. The first-order chi connectivity index (χ1) is 8.91. The second kappa shape index (κ2) is 7.86. The summed E-state index contributed by atoms with van der Waals surface area (Å²) in [5, 5.41) is 3.68. The van der Waals surface area contributed by atoms with E-state index >= 15 is 0 Å². The lowest BCUT2D eigenvalue weighted by Crippen LogP contribution is -2.30. The van der Waals surface area contributed by atoms with Crippen LogP contribution in [0, 0.1) is 23.6 Å². The summed E-state index contributed by atoms with van der Waals surface area (Å²) < 4.78 is 13.9. The van der Waals surface area contributed by atoms with Crippen molar-refractivity contribution in [3.8, 4) is 0 Å². The number of hydrogen-bond donors (Lipinski definition) is 1. The third kappa shape index (κ3) is 5.50. The van der Waals surface area contributed by atoms with Crippen LogP contribution in [0.2, 0.25) is 5.02 Å². The minimum atomic E-state index is -0.265. The summed E-state index contributed by atoms with van der Waals surface area (Å²) in [7, 11) is 0. The molecule has 0 saturated heterocycles. The van der Waals surface area contributed by atoms with Crippen LogP contribution in [0.3, 0.4) is 0 Å². The maximum atomic E-state index is 13.9. The molecule has 0 amide bonds. The molecule has 0 bridgehead atoms. The van der Waals surface area contributed by atoms with Crippen LogP contribution in [0.5, 0.6) is 0 Å². The zero-order valence-corrected chi connectivity index (χ0v) is 13.1. The molecule has 0 aliphatic heterocycles. The number of hydrogen-bond acceptors (Lipinski definition) is 1. The topological polar surface area (TPSA) is 12.0 Å². The van der Waals surface area contributed by atoms with Gasteiger partial charge in [-0.3, -0.25) is 0 Å².